The van der Waals surface area contributed by atoms with Gasteiger partial charge in [-0.05, 0) is 30.5 Å². The lowest BCUT2D eigenvalue weighted by Gasteiger charge is -2.15. The van der Waals surface area contributed by atoms with Crippen LogP contribution < -0.4 is 11.3 Å². The standard InChI is InChI=1S/C14H20N4S/c1-11-5-3-4-6-14(11)19-10-13(17-15)7-12-8-16-18(2)9-12/h3-6,8-9,13,17H,7,10,15H2,1-2H3. The average molecular weight is 276 g/mol. The number of hydrogen-bond acceptors (Lipinski definition) is 4. The fourth-order valence-electron chi connectivity index (χ4n) is 1.94. The van der Waals surface area contributed by atoms with Crippen LogP contribution in [0, 0.1) is 6.92 Å². The Labute approximate surface area is 118 Å². The summed E-state index contributed by atoms with van der Waals surface area (Å²) in [5.74, 6) is 6.58. The van der Waals surface area contributed by atoms with E-state index in [0.29, 0.717) is 0 Å². The molecule has 2 rings (SSSR count). The van der Waals surface area contributed by atoms with Crippen LogP contribution in [0.2, 0.25) is 0 Å². The largest absolute Gasteiger partial charge is 0.276 e. The van der Waals surface area contributed by atoms with Crippen molar-refractivity contribution in [3.05, 3.63) is 47.8 Å². The van der Waals surface area contributed by atoms with Crippen molar-refractivity contribution < 1.29 is 0 Å². The molecule has 0 saturated heterocycles. The van der Waals surface area contributed by atoms with Crippen LogP contribution >= 0.6 is 11.8 Å². The van der Waals surface area contributed by atoms with Crippen molar-refractivity contribution in [2.45, 2.75) is 24.3 Å². The van der Waals surface area contributed by atoms with Crippen molar-refractivity contribution in [1.29, 1.82) is 0 Å². The molecule has 4 nitrogen and oxygen atoms in total. The average Bonchev–Trinajstić information content (AvgIpc) is 2.81. The molecule has 102 valence electrons. The number of aryl methyl sites for hydroxylation is 2. The summed E-state index contributed by atoms with van der Waals surface area (Å²) < 4.78 is 1.82. The first-order valence-electron chi connectivity index (χ1n) is 6.31. The third-order valence-electron chi connectivity index (χ3n) is 3.01. The highest BCUT2D eigenvalue weighted by Crippen LogP contribution is 2.23. The zero-order valence-electron chi connectivity index (χ0n) is 11.3. The lowest BCUT2D eigenvalue weighted by atomic mass is 10.1. The van der Waals surface area contributed by atoms with Crippen molar-refractivity contribution in [3.63, 3.8) is 0 Å². The zero-order chi connectivity index (χ0) is 13.7. The first-order valence-corrected chi connectivity index (χ1v) is 7.29. The van der Waals surface area contributed by atoms with Crippen LogP contribution in [-0.4, -0.2) is 21.6 Å². The number of hydrogen-bond donors (Lipinski definition) is 2. The summed E-state index contributed by atoms with van der Waals surface area (Å²) in [7, 11) is 1.93. The second-order valence-corrected chi connectivity index (χ2v) is 5.73. The summed E-state index contributed by atoms with van der Waals surface area (Å²) in [6.07, 6.45) is 4.81. The monoisotopic (exact) mass is 276 g/mol. The van der Waals surface area contributed by atoms with Gasteiger partial charge in [0.05, 0.1) is 6.20 Å². The van der Waals surface area contributed by atoms with Crippen LogP contribution in [0.25, 0.3) is 0 Å². The minimum absolute atomic E-state index is 0.244. The molecule has 0 aliphatic carbocycles. The molecular weight excluding hydrogens is 256 g/mol. The highest BCUT2D eigenvalue weighted by Gasteiger charge is 2.10. The topological polar surface area (TPSA) is 55.9 Å². The summed E-state index contributed by atoms with van der Waals surface area (Å²) in [6, 6.07) is 8.66. The fourth-order valence-corrected chi connectivity index (χ4v) is 3.00. The van der Waals surface area contributed by atoms with Crippen LogP contribution in [0.3, 0.4) is 0 Å². The maximum atomic E-state index is 5.64. The maximum Gasteiger partial charge on any atom is 0.0522 e. The fraction of sp³-hybridized carbons (Fsp3) is 0.357. The molecule has 0 fully saturated rings. The predicted molar refractivity (Wildman–Crippen MR) is 79.9 cm³/mol. The second kappa shape index (κ2) is 6.75. The molecule has 2 aromatic rings. The van der Waals surface area contributed by atoms with Crippen molar-refractivity contribution >= 4 is 11.8 Å². The minimum Gasteiger partial charge on any atom is -0.276 e. The van der Waals surface area contributed by atoms with E-state index in [2.05, 4.69) is 41.7 Å². The molecule has 0 amide bonds. The first kappa shape index (κ1) is 14.1. The minimum atomic E-state index is 0.244. The van der Waals surface area contributed by atoms with Gasteiger partial charge in [0, 0.05) is 29.9 Å². The number of nitrogens with one attached hydrogen (secondary N) is 1. The Morgan fingerprint density at radius 1 is 1.42 bits per heavy atom. The van der Waals surface area contributed by atoms with Gasteiger partial charge in [-0.2, -0.15) is 5.10 Å². The van der Waals surface area contributed by atoms with E-state index in [4.69, 9.17) is 5.84 Å². The predicted octanol–water partition coefficient (Wildman–Crippen LogP) is 1.90. The van der Waals surface area contributed by atoms with Crippen molar-refractivity contribution in [1.82, 2.24) is 15.2 Å². The summed E-state index contributed by atoms with van der Waals surface area (Å²) in [4.78, 5) is 1.31. The SMILES string of the molecule is Cc1ccccc1SCC(Cc1cnn(C)c1)NN. The molecule has 1 aromatic carbocycles. The summed E-state index contributed by atoms with van der Waals surface area (Å²) in [6.45, 7) is 2.13. The third kappa shape index (κ3) is 4.09. The normalized spacial score (nSPS) is 12.6. The van der Waals surface area contributed by atoms with Crippen molar-refractivity contribution in [2.24, 2.45) is 12.9 Å². The van der Waals surface area contributed by atoms with Gasteiger partial charge in [0.2, 0.25) is 0 Å². The molecule has 0 spiro atoms. The number of thioether (sulfide) groups is 1. The first-order chi connectivity index (χ1) is 9.19. The van der Waals surface area contributed by atoms with Crippen LogP contribution in [0.5, 0.6) is 0 Å². The van der Waals surface area contributed by atoms with Crippen molar-refractivity contribution in [2.75, 3.05) is 5.75 Å². The summed E-state index contributed by atoms with van der Waals surface area (Å²) in [5, 5.41) is 4.18. The molecule has 1 unspecified atom stereocenters. The number of benzene rings is 1. The third-order valence-corrected chi connectivity index (χ3v) is 4.35. The molecule has 0 bridgehead atoms. The Hall–Kier alpha value is -1.30. The Bertz CT molecular complexity index is 524. The molecule has 0 saturated carbocycles. The van der Waals surface area contributed by atoms with E-state index in [-0.39, 0.29) is 6.04 Å². The molecule has 3 N–H and O–H groups in total. The Morgan fingerprint density at radius 2 is 2.21 bits per heavy atom. The lowest BCUT2D eigenvalue weighted by molar-refractivity contribution is 0.575. The summed E-state index contributed by atoms with van der Waals surface area (Å²) >= 11 is 1.84. The number of hydrazine groups is 1. The molecule has 0 radical (unpaired) electrons. The van der Waals surface area contributed by atoms with Gasteiger partial charge in [0.15, 0.2) is 0 Å². The highest BCUT2D eigenvalue weighted by molar-refractivity contribution is 7.99. The molecule has 19 heavy (non-hydrogen) atoms. The van der Waals surface area contributed by atoms with Gasteiger partial charge in [-0.15, -0.1) is 11.8 Å². The van der Waals surface area contributed by atoms with Gasteiger partial charge < -0.3 is 0 Å². The van der Waals surface area contributed by atoms with Gasteiger partial charge in [0.25, 0.3) is 0 Å². The van der Waals surface area contributed by atoms with Gasteiger partial charge in [-0.25, -0.2) is 0 Å². The number of nitrogens with two attached hydrogens (primary N) is 1. The van der Waals surface area contributed by atoms with Gasteiger partial charge in [0.1, 0.15) is 0 Å². The maximum absolute atomic E-state index is 5.64. The number of nitrogens with zero attached hydrogens (tertiary/aromatic N) is 2. The Morgan fingerprint density at radius 3 is 2.84 bits per heavy atom. The quantitative estimate of drug-likeness (QED) is 0.481. The molecule has 5 heteroatoms. The van der Waals surface area contributed by atoms with E-state index >= 15 is 0 Å². The molecule has 1 heterocycles. The van der Waals surface area contributed by atoms with E-state index in [9.17, 15) is 0 Å². The van der Waals surface area contributed by atoms with Gasteiger partial charge in [-0.3, -0.25) is 16.0 Å². The second-order valence-electron chi connectivity index (χ2n) is 4.67. The van der Waals surface area contributed by atoms with Crippen LogP contribution in [-0.2, 0) is 13.5 Å². The zero-order valence-corrected chi connectivity index (χ0v) is 12.2. The van der Waals surface area contributed by atoms with E-state index in [0.717, 1.165) is 12.2 Å². The molecule has 0 aliphatic rings. The molecule has 1 aromatic heterocycles. The van der Waals surface area contributed by atoms with Crippen LogP contribution in [0.4, 0.5) is 0 Å². The van der Waals surface area contributed by atoms with Crippen LogP contribution in [0.1, 0.15) is 11.1 Å². The summed E-state index contributed by atoms with van der Waals surface area (Å²) in [5.41, 5.74) is 5.41. The highest BCUT2D eigenvalue weighted by atomic mass is 32.2. The van der Waals surface area contributed by atoms with Gasteiger partial charge >= 0.3 is 0 Å². The van der Waals surface area contributed by atoms with E-state index in [1.165, 1.54) is 16.0 Å². The lowest BCUT2D eigenvalue weighted by Crippen LogP contribution is -2.38. The molecular formula is C14H20N4S. The smallest absolute Gasteiger partial charge is 0.0522 e. The van der Waals surface area contributed by atoms with Crippen molar-refractivity contribution in [3.8, 4) is 0 Å². The van der Waals surface area contributed by atoms with E-state index in [1.54, 1.807) is 0 Å². The van der Waals surface area contributed by atoms with Gasteiger partial charge in [-0.1, -0.05) is 18.2 Å². The number of rotatable bonds is 6. The molecule has 0 aliphatic heterocycles. The van der Waals surface area contributed by atoms with E-state index < -0.39 is 0 Å². The Balaban J connectivity index is 1.91. The van der Waals surface area contributed by atoms with E-state index in [1.807, 2.05) is 35.9 Å². The number of aromatic nitrogens is 2. The van der Waals surface area contributed by atoms with Crippen LogP contribution in [0.15, 0.2) is 41.6 Å². The molecule has 1 atom stereocenters. The Kier molecular flexibility index (Phi) is 5.01.